The zero-order valence-electron chi connectivity index (χ0n) is 29.4. The van der Waals surface area contributed by atoms with Gasteiger partial charge in [0.25, 0.3) is 8.32 Å². The van der Waals surface area contributed by atoms with Gasteiger partial charge in [-0.3, -0.25) is 4.90 Å². The van der Waals surface area contributed by atoms with Crippen molar-refractivity contribution in [3.63, 3.8) is 0 Å². The normalized spacial score (nSPS) is 17.7. The molecule has 2 heterocycles. The first-order valence-electron chi connectivity index (χ1n) is 16.6. The Kier molecular flexibility index (Phi) is 11.2. The maximum atomic E-state index is 14.3. The van der Waals surface area contributed by atoms with Gasteiger partial charge in [0.15, 0.2) is 11.6 Å². The predicted molar refractivity (Wildman–Crippen MR) is 189 cm³/mol. The molecule has 0 fully saturated rings. The first-order chi connectivity index (χ1) is 21.6. The fourth-order valence-electron chi connectivity index (χ4n) is 6.47. The van der Waals surface area contributed by atoms with Crippen molar-refractivity contribution in [1.82, 2.24) is 14.9 Å². The van der Waals surface area contributed by atoms with Crippen molar-refractivity contribution in [2.24, 2.45) is 11.8 Å². The molecule has 0 saturated heterocycles. The van der Waals surface area contributed by atoms with Crippen molar-refractivity contribution in [1.29, 1.82) is 0 Å². The smallest absolute Gasteiger partial charge is 0.415 e. The number of hydrogen-bond acceptors (Lipinski definition) is 6. The van der Waals surface area contributed by atoms with E-state index >= 15 is 0 Å². The van der Waals surface area contributed by atoms with Crippen LogP contribution < -0.4 is 15.1 Å². The van der Waals surface area contributed by atoms with Crippen molar-refractivity contribution in [2.45, 2.75) is 105 Å². The Morgan fingerprint density at radius 1 is 0.891 bits per heavy atom. The van der Waals surface area contributed by atoms with Gasteiger partial charge in [-0.2, -0.15) is 0 Å². The minimum atomic E-state index is -2.88. The van der Waals surface area contributed by atoms with Crippen LogP contribution in [0, 0.1) is 11.8 Å². The molecule has 46 heavy (non-hydrogen) atoms. The molecule has 7 nitrogen and oxygen atoms in total. The Labute approximate surface area is 277 Å². The van der Waals surface area contributed by atoms with Gasteiger partial charge in [-0.1, -0.05) is 101 Å². The lowest BCUT2D eigenvalue weighted by molar-refractivity contribution is 0.0145. The number of ether oxygens (including phenoxy) is 2. The predicted octanol–water partition coefficient (Wildman–Crippen LogP) is 7.85. The quantitative estimate of drug-likeness (QED) is 0.210. The molecule has 0 bridgehead atoms. The molecule has 1 aromatic heterocycles. The van der Waals surface area contributed by atoms with Crippen LogP contribution in [0.2, 0.25) is 5.04 Å². The monoisotopic (exact) mass is 643 g/mol. The molecular formula is C38H53N3O4Si. The molecule has 1 aliphatic heterocycles. The van der Waals surface area contributed by atoms with Crippen molar-refractivity contribution in [3.05, 3.63) is 85.0 Å². The first kappa shape index (κ1) is 35.4. The lowest BCUT2D eigenvalue weighted by Gasteiger charge is -2.47. The third-order valence-electron chi connectivity index (χ3n) is 8.23. The molecule has 4 rings (SSSR count). The van der Waals surface area contributed by atoms with Crippen LogP contribution in [0.5, 0.6) is 5.75 Å². The van der Waals surface area contributed by atoms with Gasteiger partial charge in [0.05, 0.1) is 36.8 Å². The number of carbonyl (C=O) groups excluding carboxylic acids is 1. The van der Waals surface area contributed by atoms with Gasteiger partial charge in [-0.25, -0.2) is 14.8 Å². The summed E-state index contributed by atoms with van der Waals surface area (Å²) < 4.78 is 19.4. The SMILES string of the molecule is CC(C)CC1CC=C(c2ncc(OC(C)C)cn2)N(C(=O)OC(C)(C)C)C1CO[Si](c1ccccc1)(c1ccccc1)C(C)(C)C. The van der Waals surface area contributed by atoms with E-state index in [1.807, 2.05) is 34.6 Å². The van der Waals surface area contributed by atoms with Crippen molar-refractivity contribution >= 4 is 30.5 Å². The van der Waals surface area contributed by atoms with E-state index in [-0.39, 0.29) is 23.1 Å². The van der Waals surface area contributed by atoms with Crippen LogP contribution in [0.3, 0.4) is 0 Å². The van der Waals surface area contributed by atoms with Crippen LogP contribution in [-0.4, -0.2) is 53.6 Å². The zero-order chi connectivity index (χ0) is 33.7. The van der Waals surface area contributed by atoms with E-state index in [1.165, 1.54) is 10.4 Å². The van der Waals surface area contributed by atoms with Gasteiger partial charge in [0.1, 0.15) is 5.60 Å². The molecule has 0 spiro atoms. The second kappa shape index (κ2) is 14.5. The number of allylic oxidation sites excluding steroid dienone is 1. The molecule has 3 aromatic rings. The van der Waals surface area contributed by atoms with Gasteiger partial charge < -0.3 is 13.9 Å². The van der Waals surface area contributed by atoms with E-state index in [0.29, 0.717) is 29.8 Å². The summed E-state index contributed by atoms with van der Waals surface area (Å²) in [6.07, 6.45) is 6.72. The van der Waals surface area contributed by atoms with Crippen molar-refractivity contribution < 1.29 is 18.7 Å². The van der Waals surface area contributed by atoms with Crippen LogP contribution in [0.25, 0.3) is 5.70 Å². The molecule has 0 N–H and O–H groups in total. The molecule has 2 aromatic carbocycles. The highest BCUT2D eigenvalue weighted by atomic mass is 28.4. The van der Waals surface area contributed by atoms with E-state index < -0.39 is 20.0 Å². The molecule has 1 amide bonds. The first-order valence-corrected chi connectivity index (χ1v) is 18.5. The van der Waals surface area contributed by atoms with E-state index in [9.17, 15) is 4.79 Å². The fourth-order valence-corrected chi connectivity index (χ4v) is 11.1. The molecule has 1 aliphatic rings. The largest absolute Gasteiger partial charge is 0.488 e. The topological polar surface area (TPSA) is 73.8 Å². The van der Waals surface area contributed by atoms with Crippen molar-refractivity contribution in [3.8, 4) is 5.75 Å². The Hall–Kier alpha value is -3.49. The van der Waals surface area contributed by atoms with E-state index in [2.05, 4.69) is 111 Å². The number of carbonyl (C=O) groups is 1. The average molecular weight is 644 g/mol. The molecule has 0 aliphatic carbocycles. The Balaban J connectivity index is 1.84. The Morgan fingerprint density at radius 3 is 1.89 bits per heavy atom. The number of benzene rings is 2. The van der Waals surface area contributed by atoms with E-state index in [1.54, 1.807) is 17.3 Å². The molecule has 248 valence electrons. The standard InChI is InChI=1S/C38H53N3O4Si/c1-27(2)23-29-21-22-33(35-39-24-30(25-40-35)44-28(3)4)41(36(42)45-37(5,6)7)34(29)26-43-46(38(8,9)10,31-17-13-11-14-18-31)32-19-15-12-16-20-32/h11-20,22,24-25,27-29,34H,21,23,26H2,1-10H3. The minimum absolute atomic E-state index is 0.00130. The summed E-state index contributed by atoms with van der Waals surface area (Å²) in [6, 6.07) is 21.0. The molecule has 2 atom stereocenters. The Bertz CT molecular complexity index is 1410. The minimum Gasteiger partial charge on any atom is -0.488 e. The van der Waals surface area contributed by atoms with E-state index in [4.69, 9.17) is 13.9 Å². The number of amides is 1. The van der Waals surface area contributed by atoms with Crippen molar-refractivity contribution in [2.75, 3.05) is 6.61 Å². The van der Waals surface area contributed by atoms with Crippen LogP contribution in [0.1, 0.15) is 87.9 Å². The summed E-state index contributed by atoms with van der Waals surface area (Å²) in [7, 11) is -2.88. The second-order valence-electron chi connectivity index (χ2n) is 15.0. The maximum Gasteiger partial charge on any atom is 0.415 e. The highest BCUT2D eigenvalue weighted by Crippen LogP contribution is 2.40. The zero-order valence-corrected chi connectivity index (χ0v) is 30.4. The Morgan fingerprint density at radius 2 is 1.43 bits per heavy atom. The van der Waals surface area contributed by atoms with Crippen LogP contribution in [0.15, 0.2) is 79.1 Å². The van der Waals surface area contributed by atoms with Crippen LogP contribution >= 0.6 is 0 Å². The second-order valence-corrected chi connectivity index (χ2v) is 19.3. The number of hydrogen-bond donors (Lipinski definition) is 0. The molecule has 8 heteroatoms. The lowest BCUT2D eigenvalue weighted by Crippen LogP contribution is -2.67. The summed E-state index contributed by atoms with van der Waals surface area (Å²) >= 11 is 0. The average Bonchev–Trinajstić information content (AvgIpc) is 2.97. The van der Waals surface area contributed by atoms with Gasteiger partial charge in [0.2, 0.25) is 0 Å². The van der Waals surface area contributed by atoms with Gasteiger partial charge in [0, 0.05) is 0 Å². The highest BCUT2D eigenvalue weighted by Gasteiger charge is 2.51. The molecule has 0 radical (unpaired) electrons. The van der Waals surface area contributed by atoms with Gasteiger partial charge in [-0.15, -0.1) is 0 Å². The summed E-state index contributed by atoms with van der Waals surface area (Å²) in [5.74, 6) is 1.63. The summed E-state index contributed by atoms with van der Waals surface area (Å²) in [5, 5.41) is 2.20. The highest BCUT2D eigenvalue weighted by molar-refractivity contribution is 6.99. The number of nitrogens with zero attached hydrogens (tertiary/aromatic N) is 3. The van der Waals surface area contributed by atoms with E-state index in [0.717, 1.165) is 12.8 Å². The number of rotatable bonds is 10. The summed E-state index contributed by atoms with van der Waals surface area (Å²) in [4.78, 5) is 25.4. The molecule has 0 saturated carbocycles. The van der Waals surface area contributed by atoms with Crippen LogP contribution in [-0.2, 0) is 9.16 Å². The van der Waals surface area contributed by atoms with Gasteiger partial charge >= 0.3 is 6.09 Å². The third-order valence-corrected chi connectivity index (χ3v) is 13.2. The third kappa shape index (κ3) is 8.26. The maximum absolute atomic E-state index is 14.3. The van der Waals surface area contributed by atoms with Crippen LogP contribution in [0.4, 0.5) is 4.79 Å². The molecular weight excluding hydrogens is 591 g/mol. The number of aromatic nitrogens is 2. The fraction of sp³-hybridized carbons (Fsp3) is 0.500. The van der Waals surface area contributed by atoms with Gasteiger partial charge in [-0.05, 0) is 74.7 Å². The molecule has 2 unspecified atom stereocenters. The lowest BCUT2D eigenvalue weighted by atomic mass is 9.84. The summed E-state index contributed by atoms with van der Waals surface area (Å²) in [5.41, 5.74) is -0.0479. The summed E-state index contributed by atoms with van der Waals surface area (Å²) in [6.45, 7) is 21.2.